The lowest BCUT2D eigenvalue weighted by molar-refractivity contribution is -0.385. The number of amides is 1. The lowest BCUT2D eigenvalue weighted by atomic mass is 10.0. The minimum atomic E-state index is -0.829. The number of carbonyl (C=O) groups excluding carboxylic acids is 2. The highest BCUT2D eigenvalue weighted by Crippen LogP contribution is 2.28. The van der Waals surface area contributed by atoms with Crippen molar-refractivity contribution in [3.05, 3.63) is 69.8 Å². The Morgan fingerprint density at radius 1 is 1.27 bits per heavy atom. The minimum Gasteiger partial charge on any atom is -0.490 e. The summed E-state index contributed by atoms with van der Waals surface area (Å²) in [6.45, 7) is -0.250. The van der Waals surface area contributed by atoms with E-state index in [2.05, 4.69) is 0 Å². The number of esters is 1. The smallest absolute Gasteiger partial charge is 0.338 e. The van der Waals surface area contributed by atoms with Crippen LogP contribution in [-0.4, -0.2) is 35.4 Å². The molecular formula is C21H22N2O7. The monoisotopic (exact) mass is 414 g/mol. The van der Waals surface area contributed by atoms with Gasteiger partial charge in [0.1, 0.15) is 5.76 Å². The van der Waals surface area contributed by atoms with Crippen LogP contribution >= 0.6 is 0 Å². The fourth-order valence-electron chi connectivity index (χ4n) is 3.22. The Bertz CT molecular complexity index is 950. The van der Waals surface area contributed by atoms with Crippen LogP contribution in [0, 0.1) is 10.1 Å². The third-order valence-electron chi connectivity index (χ3n) is 4.75. The summed E-state index contributed by atoms with van der Waals surface area (Å²) in [5.41, 5.74) is 0.480. The number of nitrogens with zero attached hydrogens (tertiary/aromatic N) is 2. The summed E-state index contributed by atoms with van der Waals surface area (Å²) in [4.78, 5) is 37.2. The fraction of sp³-hybridized carbons (Fsp3) is 0.333. The lowest BCUT2D eigenvalue weighted by Gasteiger charge is -2.26. The molecule has 0 aliphatic heterocycles. The average Bonchev–Trinajstić information content (AvgIpc) is 3.29. The molecule has 0 bridgehead atoms. The Morgan fingerprint density at radius 3 is 2.73 bits per heavy atom. The second kappa shape index (κ2) is 9.73. The molecule has 158 valence electrons. The van der Waals surface area contributed by atoms with Crippen molar-refractivity contribution in [2.75, 3.05) is 13.7 Å². The zero-order chi connectivity index (χ0) is 21.5. The number of carbonyl (C=O) groups is 2. The van der Waals surface area contributed by atoms with E-state index in [1.54, 1.807) is 17.0 Å². The number of hydrogen-bond donors (Lipinski definition) is 0. The summed E-state index contributed by atoms with van der Waals surface area (Å²) in [7, 11) is 1.30. The van der Waals surface area contributed by atoms with Crippen LogP contribution in [-0.2, 0) is 16.1 Å². The number of furan rings is 1. The summed E-state index contributed by atoms with van der Waals surface area (Å²) in [5.74, 6) is -0.575. The molecule has 1 aromatic carbocycles. The molecule has 1 aliphatic carbocycles. The quantitative estimate of drug-likeness (QED) is 0.366. The number of ether oxygens (including phenoxy) is 2. The van der Waals surface area contributed by atoms with Crippen molar-refractivity contribution in [2.24, 2.45) is 0 Å². The van der Waals surface area contributed by atoms with Gasteiger partial charge in [-0.2, -0.15) is 0 Å². The van der Waals surface area contributed by atoms with E-state index in [0.717, 1.165) is 37.4 Å². The molecule has 0 saturated heterocycles. The number of methoxy groups -OCH3 is 1. The van der Waals surface area contributed by atoms with E-state index in [-0.39, 0.29) is 23.5 Å². The highest BCUT2D eigenvalue weighted by atomic mass is 16.6. The van der Waals surface area contributed by atoms with Crippen molar-refractivity contribution in [3.8, 4) is 5.75 Å². The summed E-state index contributed by atoms with van der Waals surface area (Å²) >= 11 is 0. The van der Waals surface area contributed by atoms with Gasteiger partial charge in [-0.3, -0.25) is 14.9 Å². The predicted molar refractivity (Wildman–Crippen MR) is 106 cm³/mol. The van der Waals surface area contributed by atoms with Crippen molar-refractivity contribution < 1.29 is 28.4 Å². The highest BCUT2D eigenvalue weighted by molar-refractivity contribution is 5.92. The molecule has 0 radical (unpaired) electrons. The van der Waals surface area contributed by atoms with E-state index in [1.165, 1.54) is 25.5 Å². The van der Waals surface area contributed by atoms with E-state index >= 15 is 0 Å². The molecular weight excluding hydrogens is 392 g/mol. The van der Waals surface area contributed by atoms with Crippen LogP contribution in [0.25, 0.3) is 0 Å². The van der Waals surface area contributed by atoms with Crippen molar-refractivity contribution in [2.45, 2.75) is 32.2 Å². The van der Waals surface area contributed by atoms with Gasteiger partial charge >= 0.3 is 11.7 Å². The molecule has 0 N–H and O–H groups in total. The van der Waals surface area contributed by atoms with Crippen LogP contribution in [0.4, 0.5) is 5.69 Å². The van der Waals surface area contributed by atoms with Gasteiger partial charge in [0.2, 0.25) is 0 Å². The van der Waals surface area contributed by atoms with Gasteiger partial charge < -0.3 is 18.8 Å². The predicted octanol–water partition coefficient (Wildman–Crippen LogP) is 3.84. The number of benzene rings is 1. The third-order valence-corrected chi connectivity index (χ3v) is 4.75. The van der Waals surface area contributed by atoms with Crippen LogP contribution in [0.1, 0.15) is 41.8 Å². The molecule has 2 aromatic rings. The number of allylic oxidation sites excluding steroid dienone is 2. The highest BCUT2D eigenvalue weighted by Gasteiger charge is 2.24. The Kier molecular flexibility index (Phi) is 6.84. The summed E-state index contributed by atoms with van der Waals surface area (Å²) in [6.07, 6.45) is 7.22. The van der Waals surface area contributed by atoms with Gasteiger partial charge in [0, 0.05) is 11.8 Å². The number of hydrogen-bond acceptors (Lipinski definition) is 7. The molecule has 0 fully saturated rings. The van der Waals surface area contributed by atoms with Crippen molar-refractivity contribution >= 4 is 17.6 Å². The Balaban J connectivity index is 1.70. The van der Waals surface area contributed by atoms with Gasteiger partial charge in [0.15, 0.2) is 12.4 Å². The van der Waals surface area contributed by atoms with Gasteiger partial charge in [-0.15, -0.1) is 0 Å². The van der Waals surface area contributed by atoms with Crippen LogP contribution in [0.5, 0.6) is 5.75 Å². The molecule has 0 unspecified atom stereocenters. The van der Waals surface area contributed by atoms with Crippen LogP contribution in [0.15, 0.2) is 52.8 Å². The molecule has 3 rings (SSSR count). The maximum atomic E-state index is 12.8. The summed E-state index contributed by atoms with van der Waals surface area (Å²) in [6, 6.07) is 7.24. The van der Waals surface area contributed by atoms with Gasteiger partial charge in [-0.1, -0.05) is 6.08 Å². The molecule has 0 saturated carbocycles. The first-order chi connectivity index (χ1) is 14.5. The topological polar surface area (TPSA) is 112 Å². The molecule has 0 spiro atoms. The standard InChI is InChI=1S/C21H22N2O7/c1-28-19-10-9-15(12-18(19)23(26)27)21(25)30-14-20(24)22(13-17-8-5-11-29-17)16-6-3-2-4-7-16/h5-6,8-12H,2-4,7,13-14H2,1H3. The van der Waals surface area contributed by atoms with Gasteiger partial charge in [0.05, 0.1) is 30.4 Å². The first kappa shape index (κ1) is 21.1. The minimum absolute atomic E-state index is 0.0292. The largest absolute Gasteiger partial charge is 0.490 e. The van der Waals surface area contributed by atoms with E-state index < -0.39 is 23.4 Å². The number of rotatable bonds is 8. The molecule has 9 heteroatoms. The zero-order valence-electron chi connectivity index (χ0n) is 16.5. The second-order valence-corrected chi connectivity index (χ2v) is 6.72. The Hall–Kier alpha value is -3.62. The van der Waals surface area contributed by atoms with E-state index in [9.17, 15) is 19.7 Å². The molecule has 0 atom stereocenters. The molecule has 1 aromatic heterocycles. The van der Waals surface area contributed by atoms with E-state index in [4.69, 9.17) is 13.9 Å². The Morgan fingerprint density at radius 2 is 2.10 bits per heavy atom. The second-order valence-electron chi connectivity index (χ2n) is 6.72. The van der Waals surface area contributed by atoms with Gasteiger partial charge in [-0.05, 0) is 49.9 Å². The van der Waals surface area contributed by atoms with Crippen molar-refractivity contribution in [3.63, 3.8) is 0 Å². The van der Waals surface area contributed by atoms with Gasteiger partial charge in [-0.25, -0.2) is 4.79 Å². The summed E-state index contributed by atoms with van der Waals surface area (Å²) in [5, 5.41) is 11.1. The average molecular weight is 414 g/mol. The van der Waals surface area contributed by atoms with Crippen LogP contribution in [0.2, 0.25) is 0 Å². The maximum Gasteiger partial charge on any atom is 0.338 e. The maximum absolute atomic E-state index is 12.8. The Labute approximate surface area is 173 Å². The van der Waals surface area contributed by atoms with Crippen LogP contribution in [0.3, 0.4) is 0 Å². The number of nitro groups is 1. The van der Waals surface area contributed by atoms with Gasteiger partial charge in [0.25, 0.3) is 5.91 Å². The SMILES string of the molecule is COc1ccc(C(=O)OCC(=O)N(Cc2ccco2)C2=CCCCC2)cc1[N+](=O)[O-]. The zero-order valence-corrected chi connectivity index (χ0v) is 16.5. The van der Waals surface area contributed by atoms with Crippen molar-refractivity contribution in [1.29, 1.82) is 0 Å². The van der Waals surface area contributed by atoms with E-state index in [1.807, 2.05) is 6.08 Å². The van der Waals surface area contributed by atoms with Crippen molar-refractivity contribution in [1.82, 2.24) is 4.90 Å². The van der Waals surface area contributed by atoms with Crippen LogP contribution < -0.4 is 4.74 Å². The molecule has 1 aliphatic rings. The molecule has 9 nitrogen and oxygen atoms in total. The first-order valence-corrected chi connectivity index (χ1v) is 9.51. The molecule has 1 amide bonds. The fourth-order valence-corrected chi connectivity index (χ4v) is 3.22. The number of nitro benzene ring substituents is 1. The third kappa shape index (κ3) is 5.05. The molecule has 1 heterocycles. The molecule has 30 heavy (non-hydrogen) atoms. The normalized spacial score (nSPS) is 13.3. The summed E-state index contributed by atoms with van der Waals surface area (Å²) < 4.78 is 15.4. The first-order valence-electron chi connectivity index (χ1n) is 9.51. The van der Waals surface area contributed by atoms with E-state index in [0.29, 0.717) is 5.76 Å². The lowest BCUT2D eigenvalue weighted by Crippen LogP contribution is -2.34.